The van der Waals surface area contributed by atoms with Crippen molar-refractivity contribution in [2.24, 2.45) is 0 Å². The van der Waals surface area contributed by atoms with Crippen molar-refractivity contribution in [3.8, 4) is 50.7 Å². The third-order valence-corrected chi connectivity index (χ3v) is 16.3. The molecule has 0 aliphatic rings. The molecule has 0 atom stereocenters. The van der Waals surface area contributed by atoms with Gasteiger partial charge in [-0.05, 0) is 125 Å². The van der Waals surface area contributed by atoms with E-state index in [1.807, 2.05) is 0 Å². The highest BCUT2D eigenvalue weighted by atomic mass is 15.2. The van der Waals surface area contributed by atoms with Crippen LogP contribution >= 0.6 is 0 Å². The largest absolute Gasteiger partial charge is 0.310 e. The topological polar surface area (TPSA) is 63.0 Å². The average Bonchev–Trinajstić information content (AvgIpc) is 2.07. The maximum absolute atomic E-state index is 5.93. The molecule has 0 radical (unpaired) electrons. The van der Waals surface area contributed by atoms with Gasteiger partial charge in [0.1, 0.15) is 0 Å². The Morgan fingerprint density at radius 2 is 0.647 bits per heavy atom. The molecule has 0 saturated carbocycles. The predicted octanol–water partition coefficient (Wildman–Crippen LogP) is 20.6. The number of hydrogen-bond acceptors (Lipinski definition) is 6. The van der Waals surface area contributed by atoms with Gasteiger partial charge in [-0.2, -0.15) is 0 Å². The second-order valence-corrected chi connectivity index (χ2v) is 21.3. The first kappa shape index (κ1) is 49.3. The molecule has 0 fully saturated rings. The summed E-state index contributed by atoms with van der Waals surface area (Å²) in [4.78, 5) is 27.7. The molecule has 3 aromatic heterocycles. The zero-order valence-electron chi connectivity index (χ0n) is 46.1. The number of aromatic nitrogens is 5. The minimum absolute atomic E-state index is 0.555. The van der Waals surface area contributed by atoms with Crippen LogP contribution in [0.5, 0.6) is 0 Å². The number of anilines is 6. The lowest BCUT2D eigenvalue weighted by atomic mass is 9.94. The van der Waals surface area contributed by atoms with Gasteiger partial charge < -0.3 is 9.80 Å². The maximum Gasteiger partial charge on any atom is 0.235 e. The van der Waals surface area contributed by atoms with Crippen LogP contribution in [0.1, 0.15) is 0 Å². The van der Waals surface area contributed by atoms with Crippen LogP contribution in [-0.2, 0) is 0 Å². The Labute approximate surface area is 491 Å². The van der Waals surface area contributed by atoms with Crippen LogP contribution in [0.15, 0.2) is 309 Å². The summed E-state index contributed by atoms with van der Waals surface area (Å²) in [6, 6.07) is 109. The SMILES string of the molecule is c1ccc(-c2ccc3c(c2)c2c4nc5c6ccc(N(c7ccccc7)c7ccccc7)cc6c6cc(N(c7ccccc7)c7ccccc7)ccc6c5nc4ccc2n3-c2nc(-c3ccccc3)c(-c3ccccc3)c(-c3ccccc3)n2)cc1. The van der Waals surface area contributed by atoms with Crippen LogP contribution in [0.3, 0.4) is 0 Å². The molecule has 85 heavy (non-hydrogen) atoms. The summed E-state index contributed by atoms with van der Waals surface area (Å²) < 4.78 is 2.23. The van der Waals surface area contributed by atoms with E-state index in [2.05, 4.69) is 324 Å². The van der Waals surface area contributed by atoms with Crippen LogP contribution in [0, 0.1) is 0 Å². The summed E-state index contributed by atoms with van der Waals surface area (Å²) >= 11 is 0. The summed E-state index contributed by atoms with van der Waals surface area (Å²) in [5.41, 5.74) is 19.3. The van der Waals surface area contributed by atoms with Crippen molar-refractivity contribution >= 4 is 99.5 Å². The number of benzene rings is 13. The van der Waals surface area contributed by atoms with E-state index >= 15 is 0 Å². The van der Waals surface area contributed by atoms with E-state index in [1.165, 1.54) is 0 Å². The van der Waals surface area contributed by atoms with E-state index in [4.69, 9.17) is 19.9 Å². The van der Waals surface area contributed by atoms with E-state index in [-0.39, 0.29) is 0 Å². The number of para-hydroxylation sites is 4. The molecule has 16 aromatic rings. The molecule has 398 valence electrons. The van der Waals surface area contributed by atoms with E-state index in [0.29, 0.717) is 5.95 Å². The molecule has 7 nitrogen and oxygen atoms in total. The Bertz CT molecular complexity index is 5000. The second-order valence-electron chi connectivity index (χ2n) is 21.3. The highest BCUT2D eigenvalue weighted by Gasteiger charge is 2.26. The van der Waals surface area contributed by atoms with Crippen LogP contribution in [0.4, 0.5) is 34.1 Å². The molecule has 0 bridgehead atoms. The highest BCUT2D eigenvalue weighted by molar-refractivity contribution is 6.27. The average molecular weight is 1090 g/mol. The molecule has 0 unspecified atom stereocenters. The molecule has 0 N–H and O–H groups in total. The third kappa shape index (κ3) is 8.61. The Hall–Kier alpha value is -11.5. The number of rotatable bonds is 11. The lowest BCUT2D eigenvalue weighted by Gasteiger charge is -2.27. The fourth-order valence-electron chi connectivity index (χ4n) is 12.5. The van der Waals surface area contributed by atoms with Gasteiger partial charge in [0.2, 0.25) is 5.95 Å². The summed E-state index contributed by atoms with van der Waals surface area (Å²) in [6.45, 7) is 0. The van der Waals surface area contributed by atoms with Gasteiger partial charge in [-0.15, -0.1) is 0 Å². The van der Waals surface area contributed by atoms with Gasteiger partial charge >= 0.3 is 0 Å². The van der Waals surface area contributed by atoms with Crippen molar-refractivity contribution in [2.75, 3.05) is 9.80 Å². The minimum atomic E-state index is 0.555. The standard InChI is InChI=1S/C78H51N7/c1-9-25-52(26-10-1)56-41-47-69-67(49-56)72-70(85(69)78-81-73(54-29-13-3-14-30-54)71(53-27-11-2-12-28-53)74(82-78)55-31-15-4-16-32-55)48-46-68-77(72)80-76-64-45-43-62(84(59-37-21-7-22-38-59)60-39-23-8-24-40-60)51-66(64)65-50-61(42-44-63(65)75(76)79-68)83(57-33-17-5-18-34-57)58-35-19-6-20-36-58/h1-51H. The lowest BCUT2D eigenvalue weighted by molar-refractivity contribution is 0.997. The molecule has 0 spiro atoms. The Morgan fingerprint density at radius 3 is 1.11 bits per heavy atom. The molecular formula is C78H51N7. The van der Waals surface area contributed by atoms with E-state index < -0.39 is 0 Å². The van der Waals surface area contributed by atoms with Crippen molar-refractivity contribution in [1.82, 2.24) is 24.5 Å². The van der Waals surface area contributed by atoms with Crippen LogP contribution in [0.25, 0.3) is 116 Å². The number of fused-ring (bicyclic) bond motifs is 11. The third-order valence-electron chi connectivity index (χ3n) is 16.3. The molecule has 16 rings (SSSR count). The van der Waals surface area contributed by atoms with Gasteiger partial charge in [-0.1, -0.05) is 212 Å². The minimum Gasteiger partial charge on any atom is -0.310 e. The van der Waals surface area contributed by atoms with Gasteiger partial charge in [0.25, 0.3) is 0 Å². The first-order valence-corrected chi connectivity index (χ1v) is 28.7. The summed E-state index contributed by atoms with van der Waals surface area (Å²) in [6.07, 6.45) is 0. The Balaban J connectivity index is 1.00. The molecule has 3 heterocycles. The quantitative estimate of drug-likeness (QED) is 0.0950. The van der Waals surface area contributed by atoms with Gasteiger partial charge in [-0.3, -0.25) is 4.57 Å². The molecular weight excluding hydrogens is 1030 g/mol. The lowest BCUT2D eigenvalue weighted by Crippen LogP contribution is -2.10. The van der Waals surface area contributed by atoms with Gasteiger partial charge in [-0.25, -0.2) is 19.9 Å². The van der Waals surface area contributed by atoms with Crippen molar-refractivity contribution in [3.05, 3.63) is 309 Å². The summed E-state index contributed by atoms with van der Waals surface area (Å²) in [5, 5.41) is 6.12. The summed E-state index contributed by atoms with van der Waals surface area (Å²) in [7, 11) is 0. The van der Waals surface area contributed by atoms with Crippen LogP contribution in [0.2, 0.25) is 0 Å². The number of nitrogens with zero attached hydrogens (tertiary/aromatic N) is 7. The van der Waals surface area contributed by atoms with Crippen LogP contribution < -0.4 is 9.80 Å². The van der Waals surface area contributed by atoms with Gasteiger partial charge in [0.05, 0.1) is 44.5 Å². The van der Waals surface area contributed by atoms with Gasteiger partial charge in [0.15, 0.2) is 0 Å². The molecule has 13 aromatic carbocycles. The Kier molecular flexibility index (Phi) is 12.0. The van der Waals surface area contributed by atoms with Crippen molar-refractivity contribution < 1.29 is 0 Å². The monoisotopic (exact) mass is 1090 g/mol. The fraction of sp³-hybridized carbons (Fsp3) is 0. The summed E-state index contributed by atoms with van der Waals surface area (Å²) in [5.74, 6) is 0.555. The molecule has 0 aliphatic carbocycles. The first-order valence-electron chi connectivity index (χ1n) is 28.7. The van der Waals surface area contributed by atoms with Crippen molar-refractivity contribution in [2.45, 2.75) is 0 Å². The van der Waals surface area contributed by atoms with E-state index in [1.54, 1.807) is 0 Å². The molecule has 0 amide bonds. The number of hydrogen-bond donors (Lipinski definition) is 0. The second kappa shape index (κ2) is 20.8. The van der Waals surface area contributed by atoms with Crippen LogP contribution in [-0.4, -0.2) is 24.5 Å². The van der Waals surface area contributed by atoms with E-state index in [9.17, 15) is 0 Å². The normalized spacial score (nSPS) is 11.5. The first-order chi connectivity index (χ1) is 42.2. The zero-order valence-corrected chi connectivity index (χ0v) is 46.1. The molecule has 7 heteroatoms. The molecule has 0 saturated heterocycles. The van der Waals surface area contributed by atoms with Crippen molar-refractivity contribution in [3.63, 3.8) is 0 Å². The maximum atomic E-state index is 5.93. The molecule has 0 aliphatic heterocycles. The highest BCUT2D eigenvalue weighted by Crippen LogP contribution is 2.46. The van der Waals surface area contributed by atoms with Gasteiger partial charge in [0, 0.05) is 72.4 Å². The fourth-order valence-corrected chi connectivity index (χ4v) is 12.5. The van der Waals surface area contributed by atoms with Crippen molar-refractivity contribution in [1.29, 1.82) is 0 Å². The van der Waals surface area contributed by atoms with E-state index in [0.717, 1.165) is 144 Å². The Morgan fingerprint density at radius 1 is 0.247 bits per heavy atom. The smallest absolute Gasteiger partial charge is 0.235 e. The zero-order chi connectivity index (χ0) is 56.2. The predicted molar refractivity (Wildman–Crippen MR) is 353 cm³/mol.